The van der Waals surface area contributed by atoms with Gasteiger partial charge in [-0.2, -0.15) is 5.10 Å². The molecular formula is C12H10N4. The van der Waals surface area contributed by atoms with Crippen LogP contribution in [0.2, 0.25) is 0 Å². The molecule has 0 aliphatic heterocycles. The second-order valence-electron chi connectivity index (χ2n) is 3.48. The Morgan fingerprint density at radius 3 is 2.88 bits per heavy atom. The molecule has 0 bridgehead atoms. The molecule has 3 aromatic rings. The zero-order chi connectivity index (χ0) is 10.8. The minimum absolute atomic E-state index is 0.823. The molecular weight excluding hydrogens is 200 g/mol. The summed E-state index contributed by atoms with van der Waals surface area (Å²) < 4.78 is 0. The Hall–Kier alpha value is -2.36. The SMILES string of the molecule is c1cncc(Nc2n[nH]c3ccccc23)c1. The lowest BCUT2D eigenvalue weighted by molar-refractivity contribution is 1.12. The first kappa shape index (κ1) is 8.91. The number of fused-ring (bicyclic) bond motifs is 1. The summed E-state index contributed by atoms with van der Waals surface area (Å²) in [5.74, 6) is 0.823. The van der Waals surface area contributed by atoms with Crippen molar-refractivity contribution in [2.45, 2.75) is 0 Å². The van der Waals surface area contributed by atoms with E-state index < -0.39 is 0 Å². The fourth-order valence-electron chi connectivity index (χ4n) is 1.63. The van der Waals surface area contributed by atoms with Crippen molar-refractivity contribution >= 4 is 22.4 Å². The molecule has 78 valence electrons. The van der Waals surface area contributed by atoms with Crippen LogP contribution in [-0.2, 0) is 0 Å². The Morgan fingerprint density at radius 1 is 1.06 bits per heavy atom. The minimum atomic E-state index is 0.823. The predicted molar refractivity (Wildman–Crippen MR) is 63.6 cm³/mol. The Bertz CT molecular complexity index is 600. The third-order valence-corrected chi connectivity index (χ3v) is 2.39. The fraction of sp³-hybridized carbons (Fsp3) is 0. The van der Waals surface area contributed by atoms with Crippen LogP contribution < -0.4 is 5.32 Å². The Kier molecular flexibility index (Phi) is 2.04. The molecule has 0 fully saturated rings. The van der Waals surface area contributed by atoms with Crippen LogP contribution >= 0.6 is 0 Å². The largest absolute Gasteiger partial charge is 0.337 e. The topological polar surface area (TPSA) is 53.6 Å². The summed E-state index contributed by atoms with van der Waals surface area (Å²) in [4.78, 5) is 4.04. The first-order chi connectivity index (χ1) is 7.93. The number of anilines is 2. The summed E-state index contributed by atoms with van der Waals surface area (Å²) in [5, 5.41) is 11.5. The third kappa shape index (κ3) is 1.50. The van der Waals surface area contributed by atoms with E-state index in [0.29, 0.717) is 0 Å². The van der Waals surface area contributed by atoms with Crippen LogP contribution in [0, 0.1) is 0 Å². The van der Waals surface area contributed by atoms with Crippen LogP contribution in [0.1, 0.15) is 0 Å². The van der Waals surface area contributed by atoms with Gasteiger partial charge in [0.1, 0.15) is 0 Å². The van der Waals surface area contributed by atoms with Gasteiger partial charge in [0, 0.05) is 11.6 Å². The minimum Gasteiger partial charge on any atom is -0.337 e. The maximum Gasteiger partial charge on any atom is 0.160 e. The zero-order valence-corrected chi connectivity index (χ0v) is 8.51. The number of rotatable bonds is 2. The van der Waals surface area contributed by atoms with Gasteiger partial charge in [-0.1, -0.05) is 12.1 Å². The second-order valence-corrected chi connectivity index (χ2v) is 3.48. The van der Waals surface area contributed by atoms with Crippen LogP contribution in [0.4, 0.5) is 11.5 Å². The number of benzene rings is 1. The van der Waals surface area contributed by atoms with Crippen molar-refractivity contribution in [3.63, 3.8) is 0 Å². The van der Waals surface area contributed by atoms with Gasteiger partial charge in [-0.05, 0) is 24.3 Å². The lowest BCUT2D eigenvalue weighted by atomic mass is 10.2. The predicted octanol–water partition coefficient (Wildman–Crippen LogP) is 2.70. The molecule has 16 heavy (non-hydrogen) atoms. The number of hydrogen-bond donors (Lipinski definition) is 2. The lowest BCUT2D eigenvalue weighted by Gasteiger charge is -2.01. The van der Waals surface area contributed by atoms with Crippen molar-refractivity contribution in [1.82, 2.24) is 15.2 Å². The van der Waals surface area contributed by atoms with Gasteiger partial charge in [0.2, 0.25) is 0 Å². The van der Waals surface area contributed by atoms with Crippen molar-refractivity contribution in [2.24, 2.45) is 0 Å². The van der Waals surface area contributed by atoms with Crippen molar-refractivity contribution in [3.05, 3.63) is 48.8 Å². The Balaban J connectivity index is 2.01. The normalized spacial score (nSPS) is 10.5. The average Bonchev–Trinajstić information content (AvgIpc) is 2.74. The van der Waals surface area contributed by atoms with Crippen molar-refractivity contribution in [2.75, 3.05) is 5.32 Å². The van der Waals surface area contributed by atoms with E-state index in [4.69, 9.17) is 0 Å². The highest BCUT2D eigenvalue weighted by molar-refractivity contribution is 5.91. The van der Waals surface area contributed by atoms with Gasteiger partial charge in [-0.3, -0.25) is 10.1 Å². The summed E-state index contributed by atoms with van der Waals surface area (Å²) in [5.41, 5.74) is 1.95. The smallest absolute Gasteiger partial charge is 0.160 e. The molecule has 2 heterocycles. The first-order valence-corrected chi connectivity index (χ1v) is 5.03. The summed E-state index contributed by atoms with van der Waals surface area (Å²) in [6.07, 6.45) is 3.51. The van der Waals surface area contributed by atoms with E-state index in [9.17, 15) is 0 Å². The monoisotopic (exact) mass is 210 g/mol. The molecule has 0 radical (unpaired) electrons. The average molecular weight is 210 g/mol. The number of nitrogens with zero attached hydrogens (tertiary/aromatic N) is 2. The van der Waals surface area contributed by atoms with Crippen LogP contribution in [0.15, 0.2) is 48.8 Å². The number of aromatic nitrogens is 3. The summed E-state index contributed by atoms with van der Waals surface area (Å²) in [7, 11) is 0. The molecule has 0 aliphatic rings. The maximum atomic E-state index is 4.23. The fourth-order valence-corrected chi connectivity index (χ4v) is 1.63. The molecule has 0 saturated carbocycles. The quantitative estimate of drug-likeness (QED) is 0.683. The standard InChI is InChI=1S/C12H10N4/c1-2-6-11-10(5-1)12(16-15-11)14-9-4-3-7-13-8-9/h1-8H,(H2,14,15,16). The molecule has 0 atom stereocenters. The second kappa shape index (κ2) is 3.66. The van der Waals surface area contributed by atoms with Crippen LogP contribution in [0.3, 0.4) is 0 Å². The highest BCUT2D eigenvalue weighted by Crippen LogP contribution is 2.22. The molecule has 2 aromatic heterocycles. The molecule has 4 heteroatoms. The van der Waals surface area contributed by atoms with Crippen LogP contribution in [0.5, 0.6) is 0 Å². The van der Waals surface area contributed by atoms with Gasteiger partial charge in [0.15, 0.2) is 5.82 Å². The Labute approximate surface area is 92.3 Å². The highest BCUT2D eigenvalue weighted by atomic mass is 15.2. The molecule has 0 saturated heterocycles. The van der Waals surface area contributed by atoms with E-state index in [-0.39, 0.29) is 0 Å². The number of H-pyrrole nitrogens is 1. The van der Waals surface area contributed by atoms with E-state index in [1.54, 1.807) is 12.4 Å². The summed E-state index contributed by atoms with van der Waals surface area (Å²) in [6.45, 7) is 0. The van der Waals surface area contributed by atoms with Crippen molar-refractivity contribution in [3.8, 4) is 0 Å². The molecule has 0 unspecified atom stereocenters. The van der Waals surface area contributed by atoms with E-state index >= 15 is 0 Å². The molecule has 1 aromatic carbocycles. The van der Waals surface area contributed by atoms with Crippen molar-refractivity contribution in [1.29, 1.82) is 0 Å². The zero-order valence-electron chi connectivity index (χ0n) is 8.51. The van der Waals surface area contributed by atoms with E-state index in [1.807, 2.05) is 36.4 Å². The lowest BCUT2D eigenvalue weighted by Crippen LogP contribution is -1.91. The number of nitrogens with one attached hydrogen (secondary N) is 2. The van der Waals surface area contributed by atoms with E-state index in [1.165, 1.54) is 0 Å². The molecule has 4 nitrogen and oxygen atoms in total. The van der Waals surface area contributed by atoms with Gasteiger partial charge in [0.25, 0.3) is 0 Å². The summed E-state index contributed by atoms with van der Waals surface area (Å²) in [6, 6.07) is 11.8. The van der Waals surface area contributed by atoms with Crippen molar-refractivity contribution < 1.29 is 0 Å². The third-order valence-electron chi connectivity index (χ3n) is 2.39. The van der Waals surface area contributed by atoms with Crippen LogP contribution in [0.25, 0.3) is 10.9 Å². The van der Waals surface area contributed by atoms with Gasteiger partial charge in [0.05, 0.1) is 17.4 Å². The molecule has 0 spiro atoms. The molecule has 0 aliphatic carbocycles. The molecule has 0 amide bonds. The number of para-hydroxylation sites is 1. The van der Waals surface area contributed by atoms with Gasteiger partial charge in [-0.25, -0.2) is 0 Å². The number of aromatic amines is 1. The number of hydrogen-bond acceptors (Lipinski definition) is 3. The van der Waals surface area contributed by atoms with Gasteiger partial charge < -0.3 is 5.32 Å². The van der Waals surface area contributed by atoms with Gasteiger partial charge in [-0.15, -0.1) is 0 Å². The highest BCUT2D eigenvalue weighted by Gasteiger charge is 2.03. The first-order valence-electron chi connectivity index (χ1n) is 5.03. The maximum absolute atomic E-state index is 4.23. The Morgan fingerprint density at radius 2 is 2.00 bits per heavy atom. The van der Waals surface area contributed by atoms with Gasteiger partial charge >= 0.3 is 0 Å². The molecule has 2 N–H and O–H groups in total. The molecule has 3 rings (SSSR count). The number of pyridine rings is 1. The van der Waals surface area contributed by atoms with E-state index in [0.717, 1.165) is 22.4 Å². The van der Waals surface area contributed by atoms with Crippen LogP contribution in [-0.4, -0.2) is 15.2 Å². The summed E-state index contributed by atoms with van der Waals surface area (Å²) >= 11 is 0. The van der Waals surface area contributed by atoms with E-state index in [2.05, 4.69) is 20.5 Å².